The molecule has 0 aliphatic carbocycles. The van der Waals surface area contributed by atoms with Crippen LogP contribution in [0.1, 0.15) is 41.0 Å². The predicted molar refractivity (Wildman–Crippen MR) is 129 cm³/mol. The molecule has 1 aliphatic heterocycles. The molecule has 3 N–H and O–H groups in total. The molecule has 9 nitrogen and oxygen atoms in total. The van der Waals surface area contributed by atoms with E-state index >= 15 is 0 Å². The number of alkyl halides is 3. The van der Waals surface area contributed by atoms with E-state index in [4.69, 9.17) is 12.6 Å². The third-order valence-corrected chi connectivity index (χ3v) is 5.84. The summed E-state index contributed by atoms with van der Waals surface area (Å²) in [7, 11) is 5.51. The lowest BCUT2D eigenvalue weighted by molar-refractivity contribution is -0.136. The number of hydrogen-bond donors (Lipinski definition) is 3. The van der Waals surface area contributed by atoms with Crippen molar-refractivity contribution in [3.8, 4) is 0 Å². The average molecular weight is 510 g/mol. The highest BCUT2D eigenvalue weighted by molar-refractivity contribution is 6.32. The molecule has 13 heteroatoms. The Morgan fingerprint density at radius 2 is 1.89 bits per heavy atom. The topological polar surface area (TPSA) is 118 Å². The van der Waals surface area contributed by atoms with Gasteiger partial charge in [0.1, 0.15) is 19.7 Å². The molecule has 0 saturated carbocycles. The number of pyridine rings is 1. The quantitative estimate of drug-likeness (QED) is 0.417. The molecule has 3 heterocycles. The van der Waals surface area contributed by atoms with E-state index in [-0.39, 0.29) is 36.3 Å². The molecule has 2 radical (unpaired) electrons. The molecule has 0 spiro atoms. The van der Waals surface area contributed by atoms with Crippen molar-refractivity contribution >= 4 is 36.5 Å². The average Bonchev–Trinajstić information content (AvgIpc) is 3.35. The molecule has 4 rings (SSSR count). The number of nitrogens with zero attached hydrogens (tertiary/aromatic N) is 3. The molecule has 1 fully saturated rings. The second-order valence-corrected chi connectivity index (χ2v) is 8.56. The summed E-state index contributed by atoms with van der Waals surface area (Å²) in [4.78, 5) is 37.7. The summed E-state index contributed by atoms with van der Waals surface area (Å²) in [5, 5.41) is 8.27. The van der Waals surface area contributed by atoms with Gasteiger partial charge in [-0.2, -0.15) is 13.2 Å². The molecule has 1 saturated heterocycles. The summed E-state index contributed by atoms with van der Waals surface area (Å²) in [6.45, 7) is 1.98. The standard InChI is InChI=1S/C24H22BF3N6O3/c1-14(32-22(36)23(6-7-37-12-23)34-21(35)15-9-29-13-30-10-15)19-5-3-17(11-31-19)33-20-4-2-16(25)8-18(20)24(26,27)28/h2-5,8-11,13-14,33H,6-7,12H2,1H3,(H,32,36)(H,34,35)/t14?,23-/m0/s1. The van der Waals surface area contributed by atoms with Crippen LogP contribution in [-0.4, -0.2) is 53.4 Å². The van der Waals surface area contributed by atoms with Crippen molar-refractivity contribution in [1.29, 1.82) is 0 Å². The molecule has 1 aliphatic rings. The Labute approximate surface area is 211 Å². The Kier molecular flexibility index (Phi) is 7.44. The monoisotopic (exact) mass is 510 g/mol. The highest BCUT2D eigenvalue weighted by Crippen LogP contribution is 2.35. The lowest BCUT2D eigenvalue weighted by Crippen LogP contribution is -2.59. The minimum absolute atomic E-state index is 0.00496. The van der Waals surface area contributed by atoms with E-state index in [1.54, 1.807) is 19.1 Å². The summed E-state index contributed by atoms with van der Waals surface area (Å²) in [6.07, 6.45) is 1.01. The van der Waals surface area contributed by atoms with Gasteiger partial charge in [-0.3, -0.25) is 14.6 Å². The van der Waals surface area contributed by atoms with E-state index in [9.17, 15) is 22.8 Å². The van der Waals surface area contributed by atoms with Crippen molar-refractivity contribution in [3.63, 3.8) is 0 Å². The van der Waals surface area contributed by atoms with E-state index in [0.717, 1.165) is 6.07 Å². The molecule has 1 unspecified atom stereocenters. The van der Waals surface area contributed by atoms with E-state index in [2.05, 4.69) is 30.9 Å². The third kappa shape index (κ3) is 6.05. The van der Waals surface area contributed by atoms with Gasteiger partial charge in [0.05, 0.1) is 47.0 Å². The number of benzene rings is 1. The number of amides is 2. The van der Waals surface area contributed by atoms with Gasteiger partial charge in [-0.25, -0.2) is 9.97 Å². The van der Waals surface area contributed by atoms with Gasteiger partial charge in [-0.15, -0.1) is 0 Å². The minimum Gasteiger partial charge on any atom is -0.378 e. The van der Waals surface area contributed by atoms with Crippen LogP contribution >= 0.6 is 0 Å². The molecule has 2 atom stereocenters. The number of ether oxygens (including phenoxy) is 1. The summed E-state index contributed by atoms with van der Waals surface area (Å²) >= 11 is 0. The first kappa shape index (κ1) is 26.1. The van der Waals surface area contributed by atoms with E-state index in [0.29, 0.717) is 11.4 Å². The maximum absolute atomic E-state index is 13.4. The van der Waals surface area contributed by atoms with Gasteiger partial charge in [-0.1, -0.05) is 17.6 Å². The van der Waals surface area contributed by atoms with Crippen molar-refractivity contribution < 1.29 is 27.5 Å². The largest absolute Gasteiger partial charge is 0.418 e. The van der Waals surface area contributed by atoms with Crippen LogP contribution in [0.5, 0.6) is 0 Å². The van der Waals surface area contributed by atoms with Crippen molar-refractivity contribution in [3.05, 3.63) is 72.1 Å². The highest BCUT2D eigenvalue weighted by atomic mass is 19.4. The van der Waals surface area contributed by atoms with Crippen molar-refractivity contribution in [2.75, 3.05) is 18.5 Å². The zero-order chi connectivity index (χ0) is 26.6. The Balaban J connectivity index is 1.44. The summed E-state index contributed by atoms with van der Waals surface area (Å²) in [5.41, 5.74) is -1.37. The molecule has 0 bridgehead atoms. The van der Waals surface area contributed by atoms with Crippen molar-refractivity contribution in [2.24, 2.45) is 0 Å². The Hall–Kier alpha value is -4.00. The van der Waals surface area contributed by atoms with E-state index < -0.39 is 35.1 Å². The molecule has 190 valence electrons. The molecule has 37 heavy (non-hydrogen) atoms. The number of hydrogen-bond acceptors (Lipinski definition) is 7. The zero-order valence-electron chi connectivity index (χ0n) is 19.7. The first-order chi connectivity index (χ1) is 17.6. The smallest absolute Gasteiger partial charge is 0.378 e. The van der Waals surface area contributed by atoms with Crippen LogP contribution < -0.4 is 21.4 Å². The fraction of sp³-hybridized carbons (Fsp3) is 0.292. The Morgan fingerprint density at radius 3 is 2.51 bits per heavy atom. The van der Waals surface area contributed by atoms with Gasteiger partial charge in [0, 0.05) is 25.4 Å². The lowest BCUT2D eigenvalue weighted by Gasteiger charge is -2.29. The number of rotatable bonds is 7. The van der Waals surface area contributed by atoms with Gasteiger partial charge in [-0.05, 0) is 25.1 Å². The number of carbonyl (C=O) groups excluding carboxylic acids is 2. The highest BCUT2D eigenvalue weighted by Gasteiger charge is 2.44. The molecule has 2 aromatic heterocycles. The van der Waals surface area contributed by atoms with Gasteiger partial charge < -0.3 is 20.7 Å². The van der Waals surface area contributed by atoms with Crippen molar-refractivity contribution in [2.45, 2.75) is 31.1 Å². The predicted octanol–water partition coefficient (Wildman–Crippen LogP) is 2.19. The van der Waals surface area contributed by atoms with Crippen LogP contribution in [0.4, 0.5) is 24.5 Å². The molecule has 2 amide bonds. The van der Waals surface area contributed by atoms with E-state index in [1.807, 2.05) is 0 Å². The summed E-state index contributed by atoms with van der Waals surface area (Å²) < 4.78 is 45.5. The SMILES string of the molecule is [B]c1ccc(Nc2ccc(C(C)NC(=O)[C@]3(NC(=O)c4cncnc4)CCOC3)nc2)c(C(F)(F)F)c1. The fourth-order valence-electron chi connectivity index (χ4n) is 3.81. The van der Waals surface area contributed by atoms with Gasteiger partial charge in [0.25, 0.3) is 5.91 Å². The van der Waals surface area contributed by atoms with Crippen LogP contribution in [0.15, 0.2) is 55.2 Å². The summed E-state index contributed by atoms with van der Waals surface area (Å²) in [5.74, 6) is -0.966. The second-order valence-electron chi connectivity index (χ2n) is 8.56. The van der Waals surface area contributed by atoms with Gasteiger partial charge in [0.15, 0.2) is 0 Å². The number of aromatic nitrogens is 3. The third-order valence-electron chi connectivity index (χ3n) is 5.84. The van der Waals surface area contributed by atoms with Gasteiger partial charge in [0.2, 0.25) is 5.91 Å². The number of anilines is 2. The first-order valence-corrected chi connectivity index (χ1v) is 11.2. The van der Waals surface area contributed by atoms with Crippen LogP contribution in [0.3, 0.4) is 0 Å². The fourth-order valence-corrected chi connectivity index (χ4v) is 3.81. The maximum atomic E-state index is 13.4. The van der Waals surface area contributed by atoms with Crippen LogP contribution in [0, 0.1) is 0 Å². The zero-order valence-corrected chi connectivity index (χ0v) is 19.7. The van der Waals surface area contributed by atoms with Gasteiger partial charge >= 0.3 is 6.18 Å². The van der Waals surface area contributed by atoms with E-state index in [1.165, 1.54) is 37.1 Å². The summed E-state index contributed by atoms with van der Waals surface area (Å²) in [6, 6.07) is 6.02. The number of nitrogens with one attached hydrogen (secondary N) is 3. The molecule has 3 aromatic rings. The molecular weight excluding hydrogens is 488 g/mol. The number of carbonyl (C=O) groups is 2. The number of halogens is 3. The second kappa shape index (κ2) is 10.5. The lowest BCUT2D eigenvalue weighted by atomic mass is 9.93. The Morgan fingerprint density at radius 1 is 1.14 bits per heavy atom. The molecular formula is C24H22BF3N6O3. The Bertz CT molecular complexity index is 1270. The normalized spacial score (nSPS) is 18.2. The van der Waals surface area contributed by atoms with Crippen LogP contribution in [0.2, 0.25) is 0 Å². The maximum Gasteiger partial charge on any atom is 0.418 e. The first-order valence-electron chi connectivity index (χ1n) is 11.2. The molecule has 1 aromatic carbocycles. The van der Waals surface area contributed by atoms with Crippen LogP contribution in [0.25, 0.3) is 0 Å². The van der Waals surface area contributed by atoms with Crippen molar-refractivity contribution in [1.82, 2.24) is 25.6 Å². The van der Waals surface area contributed by atoms with Crippen LogP contribution in [-0.2, 0) is 15.7 Å². The minimum atomic E-state index is -4.59.